The number of hydrogen-bond donors (Lipinski definition) is 3. The Kier molecular flexibility index (Phi) is 5.29. The summed E-state index contributed by atoms with van der Waals surface area (Å²) in [5.41, 5.74) is 2.87. The van der Waals surface area contributed by atoms with E-state index in [4.69, 9.17) is 0 Å². The minimum absolute atomic E-state index is 0.0146. The molecule has 1 amide bonds. The average molecular weight is 348 g/mol. The van der Waals surface area contributed by atoms with Crippen molar-refractivity contribution in [3.05, 3.63) is 93.8 Å². The second-order valence-electron chi connectivity index (χ2n) is 6.12. The summed E-state index contributed by atoms with van der Waals surface area (Å²) in [6, 6.07) is 20.0. The van der Waals surface area contributed by atoms with E-state index in [1.807, 2.05) is 61.5 Å². The number of benzene rings is 2. The van der Waals surface area contributed by atoms with Crippen LogP contribution >= 0.6 is 0 Å². The summed E-state index contributed by atoms with van der Waals surface area (Å²) in [5.74, 6) is -0.517. The number of aromatic amines is 1. The molecule has 5 heteroatoms. The van der Waals surface area contributed by atoms with Gasteiger partial charge in [-0.05, 0) is 30.2 Å². The number of hydrogen-bond acceptors (Lipinski definition) is 3. The first-order chi connectivity index (χ1) is 12.5. The Labute approximate surface area is 151 Å². The molecule has 3 N–H and O–H groups in total. The maximum atomic E-state index is 12.3. The van der Waals surface area contributed by atoms with Crippen molar-refractivity contribution in [1.82, 2.24) is 10.3 Å². The van der Waals surface area contributed by atoms with E-state index in [1.54, 1.807) is 6.07 Å². The summed E-state index contributed by atoms with van der Waals surface area (Å²) < 4.78 is 0. The minimum Gasteiger partial charge on any atom is -0.387 e. The predicted molar refractivity (Wildman–Crippen MR) is 101 cm³/mol. The fraction of sp³-hybridized carbons (Fsp3) is 0.143. The molecule has 3 aromatic rings. The van der Waals surface area contributed by atoms with E-state index in [9.17, 15) is 14.7 Å². The maximum Gasteiger partial charge on any atom is 0.261 e. The van der Waals surface area contributed by atoms with Crippen LogP contribution in [0.1, 0.15) is 27.6 Å². The maximum absolute atomic E-state index is 12.3. The number of carbonyl (C=O) groups is 1. The second-order valence-corrected chi connectivity index (χ2v) is 6.12. The van der Waals surface area contributed by atoms with Gasteiger partial charge in [0.25, 0.3) is 11.5 Å². The van der Waals surface area contributed by atoms with Gasteiger partial charge in [-0.3, -0.25) is 9.59 Å². The molecule has 1 aromatic heterocycles. The second kappa shape index (κ2) is 7.80. The number of aromatic nitrogens is 1. The van der Waals surface area contributed by atoms with Gasteiger partial charge in [0.2, 0.25) is 0 Å². The number of aliphatic hydroxyl groups is 1. The van der Waals surface area contributed by atoms with Crippen LogP contribution in [0.3, 0.4) is 0 Å². The van der Waals surface area contributed by atoms with Crippen molar-refractivity contribution in [2.75, 3.05) is 6.54 Å². The van der Waals surface area contributed by atoms with Gasteiger partial charge in [-0.15, -0.1) is 0 Å². The van der Waals surface area contributed by atoms with Gasteiger partial charge < -0.3 is 15.4 Å². The van der Waals surface area contributed by atoms with Crippen molar-refractivity contribution in [2.45, 2.75) is 13.0 Å². The van der Waals surface area contributed by atoms with Crippen molar-refractivity contribution in [3.63, 3.8) is 0 Å². The first kappa shape index (κ1) is 17.6. The van der Waals surface area contributed by atoms with Gasteiger partial charge in [-0.2, -0.15) is 0 Å². The van der Waals surface area contributed by atoms with Gasteiger partial charge in [0.1, 0.15) is 5.56 Å². The van der Waals surface area contributed by atoms with Crippen molar-refractivity contribution >= 4 is 5.91 Å². The molecule has 1 atom stereocenters. The number of rotatable bonds is 5. The lowest BCUT2D eigenvalue weighted by atomic mass is 10.1. The topological polar surface area (TPSA) is 82.2 Å². The number of pyridine rings is 1. The van der Waals surface area contributed by atoms with Gasteiger partial charge >= 0.3 is 0 Å². The van der Waals surface area contributed by atoms with Gasteiger partial charge in [0, 0.05) is 12.2 Å². The first-order valence-corrected chi connectivity index (χ1v) is 8.36. The number of amides is 1. The molecular formula is C21H20N2O3. The molecule has 2 aromatic carbocycles. The highest BCUT2D eigenvalue weighted by Crippen LogP contribution is 2.15. The third-order valence-corrected chi connectivity index (χ3v) is 4.16. The zero-order chi connectivity index (χ0) is 18.5. The number of carbonyl (C=O) groups excluding carboxylic acids is 1. The lowest BCUT2D eigenvalue weighted by Crippen LogP contribution is -2.32. The molecule has 0 unspecified atom stereocenters. The summed E-state index contributed by atoms with van der Waals surface area (Å²) in [6.07, 6.45) is -0.831. The largest absolute Gasteiger partial charge is 0.387 e. The van der Waals surface area contributed by atoms with Crippen molar-refractivity contribution in [2.24, 2.45) is 0 Å². The molecule has 132 valence electrons. The molecule has 0 aliphatic heterocycles. The molecule has 0 fully saturated rings. The molecule has 0 radical (unpaired) electrons. The molecule has 5 nitrogen and oxygen atoms in total. The summed E-state index contributed by atoms with van der Waals surface area (Å²) >= 11 is 0. The molecule has 0 aliphatic rings. The third-order valence-electron chi connectivity index (χ3n) is 4.16. The molecule has 0 aliphatic carbocycles. The van der Waals surface area contributed by atoms with Crippen LogP contribution in [-0.4, -0.2) is 22.5 Å². The smallest absolute Gasteiger partial charge is 0.261 e. The molecule has 26 heavy (non-hydrogen) atoms. The fourth-order valence-electron chi connectivity index (χ4n) is 2.63. The zero-order valence-corrected chi connectivity index (χ0v) is 14.4. The Morgan fingerprint density at radius 2 is 1.73 bits per heavy atom. The van der Waals surface area contributed by atoms with E-state index < -0.39 is 17.6 Å². The average Bonchev–Trinajstić information content (AvgIpc) is 2.67. The molecule has 1 heterocycles. The number of aryl methyl sites for hydroxylation is 1. The Hall–Kier alpha value is -3.18. The normalized spacial score (nSPS) is 11.8. The Morgan fingerprint density at radius 3 is 2.38 bits per heavy atom. The Balaban J connectivity index is 1.68. The van der Waals surface area contributed by atoms with Gasteiger partial charge in [-0.1, -0.05) is 60.2 Å². The molecule has 0 spiro atoms. The summed E-state index contributed by atoms with van der Waals surface area (Å²) in [7, 11) is 0. The number of H-pyrrole nitrogens is 1. The SMILES string of the molecule is Cc1ccc([C@@H](O)CNC(=O)c2ccc(-c3ccccc3)[nH]c2=O)cc1. The molecule has 0 saturated carbocycles. The van der Waals surface area contributed by atoms with E-state index in [1.165, 1.54) is 6.07 Å². The summed E-state index contributed by atoms with van der Waals surface area (Å²) in [4.78, 5) is 27.2. The highest BCUT2D eigenvalue weighted by atomic mass is 16.3. The first-order valence-electron chi connectivity index (χ1n) is 8.36. The van der Waals surface area contributed by atoms with Crippen molar-refractivity contribution in [3.8, 4) is 11.3 Å². The Morgan fingerprint density at radius 1 is 1.04 bits per heavy atom. The van der Waals surface area contributed by atoms with Crippen LogP contribution in [0.25, 0.3) is 11.3 Å². The lowest BCUT2D eigenvalue weighted by Gasteiger charge is -2.12. The van der Waals surface area contributed by atoms with E-state index in [0.29, 0.717) is 11.3 Å². The van der Waals surface area contributed by atoms with Crippen molar-refractivity contribution in [1.29, 1.82) is 0 Å². The molecule has 0 saturated heterocycles. The Bertz CT molecular complexity index is 947. The van der Waals surface area contributed by atoms with Crippen LogP contribution in [0.15, 0.2) is 71.5 Å². The predicted octanol–water partition coefficient (Wildman–Crippen LogP) is 2.81. The number of aliphatic hydroxyl groups excluding tert-OH is 1. The van der Waals surface area contributed by atoms with Crippen LogP contribution in [-0.2, 0) is 0 Å². The van der Waals surface area contributed by atoms with Crippen LogP contribution in [0.4, 0.5) is 0 Å². The third kappa shape index (κ3) is 4.07. The number of nitrogens with one attached hydrogen (secondary N) is 2. The van der Waals surface area contributed by atoms with Crippen LogP contribution < -0.4 is 10.9 Å². The van der Waals surface area contributed by atoms with Crippen LogP contribution in [0.2, 0.25) is 0 Å². The fourth-order valence-corrected chi connectivity index (χ4v) is 2.63. The molecular weight excluding hydrogens is 328 g/mol. The summed E-state index contributed by atoms with van der Waals surface area (Å²) in [6.45, 7) is 1.99. The van der Waals surface area contributed by atoms with Crippen LogP contribution in [0, 0.1) is 6.92 Å². The van der Waals surface area contributed by atoms with Crippen molar-refractivity contribution < 1.29 is 9.90 Å². The summed E-state index contributed by atoms with van der Waals surface area (Å²) in [5, 5.41) is 12.8. The monoisotopic (exact) mass is 348 g/mol. The van der Waals surface area contributed by atoms with Gasteiger partial charge in [0.15, 0.2) is 0 Å². The van der Waals surface area contributed by atoms with Gasteiger partial charge in [0.05, 0.1) is 6.10 Å². The van der Waals surface area contributed by atoms with E-state index in [-0.39, 0.29) is 12.1 Å². The molecule has 3 rings (SSSR count). The van der Waals surface area contributed by atoms with E-state index >= 15 is 0 Å². The molecule has 0 bridgehead atoms. The quantitative estimate of drug-likeness (QED) is 0.663. The van der Waals surface area contributed by atoms with E-state index in [2.05, 4.69) is 10.3 Å². The van der Waals surface area contributed by atoms with Crippen LogP contribution in [0.5, 0.6) is 0 Å². The lowest BCUT2D eigenvalue weighted by molar-refractivity contribution is 0.0915. The van der Waals surface area contributed by atoms with Gasteiger partial charge in [-0.25, -0.2) is 0 Å². The zero-order valence-electron chi connectivity index (χ0n) is 14.4. The standard InChI is InChI=1S/C21H20N2O3/c1-14-7-9-16(10-8-14)19(24)13-22-20(25)17-11-12-18(23-21(17)26)15-5-3-2-4-6-15/h2-12,19,24H,13H2,1H3,(H,22,25)(H,23,26)/t19-/m0/s1. The highest BCUT2D eigenvalue weighted by molar-refractivity contribution is 5.94. The van der Waals surface area contributed by atoms with E-state index in [0.717, 1.165) is 11.1 Å². The highest BCUT2D eigenvalue weighted by Gasteiger charge is 2.14. The minimum atomic E-state index is -0.831.